The molecule has 0 saturated heterocycles. The van der Waals surface area contributed by atoms with Gasteiger partial charge in [-0.1, -0.05) is 42.1 Å². The predicted molar refractivity (Wildman–Crippen MR) is 93.6 cm³/mol. The molecule has 4 N–H and O–H groups in total. The lowest BCUT2D eigenvalue weighted by atomic mass is 9.98. The molecule has 23 heavy (non-hydrogen) atoms. The van der Waals surface area contributed by atoms with Crippen LogP contribution >= 0.6 is 35.6 Å². The number of hydrogen-bond acceptors (Lipinski definition) is 4. The van der Waals surface area contributed by atoms with E-state index in [1.54, 1.807) is 18.2 Å². The lowest BCUT2D eigenvalue weighted by molar-refractivity contribution is -0.126. The van der Waals surface area contributed by atoms with Crippen molar-refractivity contribution >= 4 is 41.5 Å². The minimum Gasteiger partial charge on any atom is -0.489 e. The Morgan fingerprint density at radius 3 is 2.70 bits per heavy atom. The van der Waals surface area contributed by atoms with Crippen LogP contribution in [0.1, 0.15) is 25.7 Å². The van der Waals surface area contributed by atoms with Gasteiger partial charge in [-0.2, -0.15) is 0 Å². The van der Waals surface area contributed by atoms with E-state index < -0.39 is 11.6 Å². The van der Waals surface area contributed by atoms with E-state index in [2.05, 4.69) is 5.32 Å². The van der Waals surface area contributed by atoms with Crippen molar-refractivity contribution in [1.29, 1.82) is 0 Å². The van der Waals surface area contributed by atoms with Crippen LogP contribution in [0.15, 0.2) is 18.2 Å². The minimum absolute atomic E-state index is 0. The normalized spacial score (nSPS) is 17.2. The molecule has 1 saturated carbocycles. The molecular weight excluding hydrogens is 363 g/mol. The number of hydrogen-bond donors (Lipinski definition) is 3. The van der Waals surface area contributed by atoms with Crippen LogP contribution < -0.4 is 15.8 Å². The molecular formula is C15H21Cl3N2O3. The minimum atomic E-state index is -0.857. The number of ether oxygens (including phenoxy) is 1. The van der Waals surface area contributed by atoms with Crippen molar-refractivity contribution in [2.75, 3.05) is 13.2 Å². The van der Waals surface area contributed by atoms with Crippen LogP contribution in [-0.4, -0.2) is 35.8 Å². The number of carbonyl (C=O) groups is 1. The van der Waals surface area contributed by atoms with Gasteiger partial charge < -0.3 is 20.9 Å². The zero-order valence-electron chi connectivity index (χ0n) is 12.6. The first-order chi connectivity index (χ1) is 10.4. The zero-order chi connectivity index (χ0) is 16.2. The Morgan fingerprint density at radius 2 is 2.04 bits per heavy atom. The van der Waals surface area contributed by atoms with Crippen LogP contribution in [0.4, 0.5) is 0 Å². The largest absolute Gasteiger partial charge is 0.489 e. The highest BCUT2D eigenvalue weighted by molar-refractivity contribution is 6.42. The van der Waals surface area contributed by atoms with Gasteiger partial charge in [0.05, 0.1) is 10.6 Å². The quantitative estimate of drug-likeness (QED) is 0.705. The van der Waals surface area contributed by atoms with Crippen LogP contribution in [0.3, 0.4) is 0 Å². The summed E-state index contributed by atoms with van der Waals surface area (Å²) in [5.74, 6) is 0.176. The molecule has 1 aromatic rings. The van der Waals surface area contributed by atoms with Crippen molar-refractivity contribution in [3.63, 3.8) is 0 Å². The Hall–Kier alpha value is -0.720. The molecule has 1 unspecified atom stereocenters. The van der Waals surface area contributed by atoms with Gasteiger partial charge in [0.1, 0.15) is 23.5 Å². The number of aliphatic hydroxyl groups excluding tert-OH is 1. The fourth-order valence-corrected chi connectivity index (χ4v) is 2.81. The van der Waals surface area contributed by atoms with Crippen molar-refractivity contribution < 1.29 is 14.6 Å². The van der Waals surface area contributed by atoms with Gasteiger partial charge in [0.2, 0.25) is 5.91 Å². The van der Waals surface area contributed by atoms with Crippen molar-refractivity contribution in [2.24, 2.45) is 5.73 Å². The third-order valence-corrected chi connectivity index (χ3v) is 4.60. The second-order valence-electron chi connectivity index (χ2n) is 5.59. The van der Waals surface area contributed by atoms with E-state index in [1.807, 2.05) is 0 Å². The van der Waals surface area contributed by atoms with Crippen LogP contribution in [0.2, 0.25) is 10.0 Å². The number of aliphatic hydroxyl groups is 1. The Balaban J connectivity index is 0.00000264. The summed E-state index contributed by atoms with van der Waals surface area (Å²) < 4.78 is 5.41. The van der Waals surface area contributed by atoms with E-state index in [-0.39, 0.29) is 31.5 Å². The molecule has 0 aromatic heterocycles. The average molecular weight is 384 g/mol. The predicted octanol–water partition coefficient (Wildman–Crippen LogP) is 2.54. The third kappa shape index (κ3) is 5.40. The molecule has 130 valence electrons. The molecule has 5 nitrogen and oxygen atoms in total. The van der Waals surface area contributed by atoms with E-state index in [0.29, 0.717) is 28.6 Å². The molecule has 1 fully saturated rings. The van der Waals surface area contributed by atoms with Crippen LogP contribution in [0.25, 0.3) is 0 Å². The number of rotatable bonds is 6. The lowest BCUT2D eigenvalue weighted by Crippen LogP contribution is -2.53. The first kappa shape index (κ1) is 20.3. The van der Waals surface area contributed by atoms with Gasteiger partial charge in [-0.15, -0.1) is 12.4 Å². The van der Waals surface area contributed by atoms with E-state index in [9.17, 15) is 9.90 Å². The molecule has 1 aromatic carbocycles. The topological polar surface area (TPSA) is 84.6 Å². The average Bonchev–Trinajstić information content (AvgIpc) is 2.94. The molecule has 0 spiro atoms. The molecule has 0 heterocycles. The second-order valence-corrected chi connectivity index (χ2v) is 6.38. The van der Waals surface area contributed by atoms with E-state index in [0.717, 1.165) is 12.8 Å². The highest BCUT2D eigenvalue weighted by Gasteiger charge is 2.36. The summed E-state index contributed by atoms with van der Waals surface area (Å²) in [7, 11) is 0. The standard InChI is InChI=1S/C15H20Cl2N2O3.ClH/c16-11-4-3-5-12(13(11)17)22-9-10(20)8-19-14(21)15(18)6-1-2-7-15;/h3-5,10,20H,1-2,6-9,18H2,(H,19,21);1H. The van der Waals surface area contributed by atoms with Crippen molar-refractivity contribution in [1.82, 2.24) is 5.32 Å². The highest BCUT2D eigenvalue weighted by atomic mass is 35.5. The van der Waals surface area contributed by atoms with Gasteiger partial charge in [-0.25, -0.2) is 0 Å². The lowest BCUT2D eigenvalue weighted by Gasteiger charge is -2.23. The van der Waals surface area contributed by atoms with E-state index >= 15 is 0 Å². The summed E-state index contributed by atoms with van der Waals surface area (Å²) >= 11 is 11.9. The molecule has 8 heteroatoms. The monoisotopic (exact) mass is 382 g/mol. The van der Waals surface area contributed by atoms with E-state index in [1.165, 1.54) is 0 Å². The van der Waals surface area contributed by atoms with Crippen LogP contribution in [0.5, 0.6) is 5.75 Å². The number of benzene rings is 1. The number of carbonyl (C=O) groups excluding carboxylic acids is 1. The van der Waals surface area contributed by atoms with Crippen LogP contribution in [-0.2, 0) is 4.79 Å². The molecule has 0 aliphatic heterocycles. The summed E-state index contributed by atoms with van der Waals surface area (Å²) in [6.07, 6.45) is 2.43. The molecule has 1 atom stereocenters. The Kier molecular flexibility index (Phi) is 7.90. The van der Waals surface area contributed by atoms with Gasteiger partial charge in [0, 0.05) is 6.54 Å². The maximum Gasteiger partial charge on any atom is 0.240 e. The van der Waals surface area contributed by atoms with Crippen LogP contribution in [0, 0.1) is 0 Å². The first-order valence-corrected chi connectivity index (χ1v) is 8.00. The summed E-state index contributed by atoms with van der Waals surface area (Å²) in [4.78, 5) is 12.0. The summed E-state index contributed by atoms with van der Waals surface area (Å²) in [6, 6.07) is 5.01. The number of amides is 1. The van der Waals surface area contributed by atoms with Gasteiger partial charge in [-0.05, 0) is 25.0 Å². The number of nitrogens with one attached hydrogen (secondary N) is 1. The van der Waals surface area contributed by atoms with Gasteiger partial charge in [0.15, 0.2) is 0 Å². The smallest absolute Gasteiger partial charge is 0.240 e. The molecule has 1 aliphatic carbocycles. The van der Waals surface area contributed by atoms with Gasteiger partial charge in [0.25, 0.3) is 0 Å². The van der Waals surface area contributed by atoms with E-state index in [4.69, 9.17) is 33.7 Å². The van der Waals surface area contributed by atoms with Gasteiger partial charge >= 0.3 is 0 Å². The van der Waals surface area contributed by atoms with Crippen molar-refractivity contribution in [2.45, 2.75) is 37.3 Å². The number of halogens is 3. The Morgan fingerprint density at radius 1 is 1.39 bits per heavy atom. The SMILES string of the molecule is Cl.NC1(C(=O)NCC(O)COc2cccc(Cl)c2Cl)CCCC1. The number of nitrogens with two attached hydrogens (primary N) is 1. The van der Waals surface area contributed by atoms with Gasteiger partial charge in [-0.3, -0.25) is 4.79 Å². The second kappa shape index (κ2) is 8.94. The summed E-state index contributed by atoms with van der Waals surface area (Å²) in [5.41, 5.74) is 5.24. The molecule has 1 amide bonds. The summed E-state index contributed by atoms with van der Waals surface area (Å²) in [6.45, 7) is 0.0773. The Labute approximate surface area is 151 Å². The third-order valence-electron chi connectivity index (χ3n) is 3.79. The fraction of sp³-hybridized carbons (Fsp3) is 0.533. The Bertz CT molecular complexity index is 537. The summed E-state index contributed by atoms with van der Waals surface area (Å²) in [5, 5.41) is 13.2. The maximum atomic E-state index is 12.0. The molecule has 2 rings (SSSR count). The van der Waals surface area contributed by atoms with Crippen molar-refractivity contribution in [3.8, 4) is 5.75 Å². The molecule has 1 aliphatic rings. The fourth-order valence-electron chi connectivity index (χ4n) is 2.46. The maximum absolute atomic E-state index is 12.0. The first-order valence-electron chi connectivity index (χ1n) is 7.24. The highest BCUT2D eigenvalue weighted by Crippen LogP contribution is 2.31. The van der Waals surface area contributed by atoms with Crippen molar-refractivity contribution in [3.05, 3.63) is 28.2 Å². The zero-order valence-corrected chi connectivity index (χ0v) is 14.9. The molecule has 0 radical (unpaired) electrons. The molecule has 0 bridgehead atoms.